The highest BCUT2D eigenvalue weighted by atomic mass is 31.1. The van der Waals surface area contributed by atoms with Crippen LogP contribution in [0.15, 0.2) is 0 Å². The molecule has 3 nitrogen and oxygen atoms in total. The first-order valence-corrected chi connectivity index (χ1v) is 3.79. The van der Waals surface area contributed by atoms with E-state index < -0.39 is 0 Å². The van der Waals surface area contributed by atoms with Crippen LogP contribution in [0.5, 0.6) is 0 Å². The van der Waals surface area contributed by atoms with Crippen molar-refractivity contribution < 1.29 is 9.47 Å². The molecule has 0 amide bonds. The maximum Gasteiger partial charge on any atom is 0.194 e. The Labute approximate surface area is 49.7 Å². The quantitative estimate of drug-likeness (QED) is 0.420. The summed E-state index contributed by atoms with van der Waals surface area (Å²) in [6.07, 6.45) is 2.31. The van der Waals surface area contributed by atoms with Gasteiger partial charge in [0, 0.05) is 0 Å². The smallest absolute Gasteiger partial charge is 0.194 e. The zero-order valence-electron chi connectivity index (χ0n) is 4.39. The highest BCUT2D eigenvalue weighted by molar-refractivity contribution is 7.37. The van der Waals surface area contributed by atoms with E-state index in [0.717, 1.165) is 21.3 Å². The molecular weight excluding hydrogens is 125 g/mol. The van der Waals surface area contributed by atoms with Gasteiger partial charge in [-0.3, -0.25) is 0 Å². The Kier molecular flexibility index (Phi) is 2.40. The van der Waals surface area contributed by atoms with E-state index in [9.17, 15) is 0 Å². The molecule has 0 aromatic rings. The zero-order valence-corrected chi connectivity index (χ0v) is 5.39. The Morgan fingerprint density at radius 2 is 2.12 bits per heavy atom. The maximum absolute atomic E-state index is 6.73. The minimum Gasteiger partial charge on any atom is -0.343 e. The fraction of sp³-hybridized carbons (Fsp3) is 0.750. The summed E-state index contributed by atoms with van der Waals surface area (Å²) in [4.78, 5) is 0. The molecule has 1 fully saturated rings. The molecule has 0 aromatic carbocycles. The highest BCUT2D eigenvalue weighted by Crippen LogP contribution is 2.17. The van der Waals surface area contributed by atoms with E-state index >= 15 is 0 Å². The second kappa shape index (κ2) is 3.13. The van der Waals surface area contributed by atoms with Gasteiger partial charge in [-0.2, -0.15) is 0 Å². The Balaban J connectivity index is 2.22. The van der Waals surface area contributed by atoms with Crippen LogP contribution in [0.4, 0.5) is 0 Å². The van der Waals surface area contributed by atoms with E-state index in [1.807, 2.05) is 0 Å². The molecule has 8 heavy (non-hydrogen) atoms. The Bertz CT molecular complexity index is 82.1. The molecule has 0 atom stereocenters. The molecule has 0 aliphatic carbocycles. The normalized spacial score (nSPS) is 32.8. The van der Waals surface area contributed by atoms with Crippen LogP contribution in [0.2, 0.25) is 0 Å². The SMILES string of the molecule is N=CC1OCPCO1. The summed E-state index contributed by atoms with van der Waals surface area (Å²) in [5.41, 5.74) is 0. The molecule has 1 aliphatic rings. The summed E-state index contributed by atoms with van der Waals surface area (Å²) in [5, 5.41) is 6.73. The van der Waals surface area contributed by atoms with Gasteiger partial charge in [-0.05, 0) is 0 Å². The summed E-state index contributed by atoms with van der Waals surface area (Å²) < 4.78 is 9.95. The monoisotopic (exact) mass is 133 g/mol. The van der Waals surface area contributed by atoms with E-state index in [1.165, 1.54) is 6.21 Å². The first-order valence-electron chi connectivity index (χ1n) is 2.38. The van der Waals surface area contributed by atoms with Crippen molar-refractivity contribution in [1.82, 2.24) is 0 Å². The average molecular weight is 133 g/mol. The number of hydrogen-bond acceptors (Lipinski definition) is 3. The van der Waals surface area contributed by atoms with Crippen LogP contribution < -0.4 is 0 Å². The fourth-order valence-electron chi connectivity index (χ4n) is 0.468. The number of rotatable bonds is 1. The predicted octanol–water partition coefficient (Wildman–Crippen LogP) is 0.602. The van der Waals surface area contributed by atoms with Gasteiger partial charge in [0.25, 0.3) is 0 Å². The standard InChI is InChI=1S/C4H8NO2P/c5-1-4-6-2-8-3-7-4/h1,4-5,8H,2-3H2. The van der Waals surface area contributed by atoms with Crippen LogP contribution in [-0.2, 0) is 9.47 Å². The first kappa shape index (κ1) is 6.14. The highest BCUT2D eigenvalue weighted by Gasteiger charge is 2.08. The molecule has 46 valence electrons. The topological polar surface area (TPSA) is 42.3 Å². The van der Waals surface area contributed by atoms with Crippen molar-refractivity contribution in [3.05, 3.63) is 0 Å². The van der Waals surface area contributed by atoms with E-state index in [4.69, 9.17) is 14.9 Å². The lowest BCUT2D eigenvalue weighted by Gasteiger charge is -2.18. The van der Waals surface area contributed by atoms with Crippen molar-refractivity contribution in [2.75, 3.05) is 12.7 Å². The van der Waals surface area contributed by atoms with Crippen LogP contribution in [0, 0.1) is 5.41 Å². The predicted molar refractivity (Wildman–Crippen MR) is 32.8 cm³/mol. The third-order valence-electron chi connectivity index (χ3n) is 0.835. The van der Waals surface area contributed by atoms with Crippen LogP contribution >= 0.6 is 8.58 Å². The van der Waals surface area contributed by atoms with Gasteiger partial charge in [-0.1, -0.05) is 8.58 Å². The number of hydrogen-bond donors (Lipinski definition) is 1. The first-order chi connectivity index (χ1) is 3.93. The molecule has 4 heteroatoms. The van der Waals surface area contributed by atoms with Gasteiger partial charge in [-0.25, -0.2) is 0 Å². The summed E-state index contributed by atoms with van der Waals surface area (Å²) in [5.74, 6) is 0. The van der Waals surface area contributed by atoms with Gasteiger partial charge in [0.2, 0.25) is 0 Å². The molecule has 0 unspecified atom stereocenters. The Morgan fingerprint density at radius 1 is 1.50 bits per heavy atom. The molecule has 0 bridgehead atoms. The molecule has 1 rings (SSSR count). The maximum atomic E-state index is 6.73. The van der Waals surface area contributed by atoms with Gasteiger partial charge in [0.05, 0.1) is 18.9 Å². The number of ether oxygens (including phenoxy) is 2. The third-order valence-corrected chi connectivity index (χ3v) is 1.58. The lowest BCUT2D eigenvalue weighted by molar-refractivity contribution is -0.0763. The summed E-state index contributed by atoms with van der Waals surface area (Å²) in [7, 11) is 0.743. The average Bonchev–Trinajstić information content (AvgIpc) is 1.90. The molecule has 1 heterocycles. The lowest BCUT2D eigenvalue weighted by Crippen LogP contribution is -2.21. The zero-order chi connectivity index (χ0) is 5.82. The van der Waals surface area contributed by atoms with Gasteiger partial charge in [0.1, 0.15) is 0 Å². The van der Waals surface area contributed by atoms with Crippen LogP contribution in [0.3, 0.4) is 0 Å². The third kappa shape index (κ3) is 1.51. The van der Waals surface area contributed by atoms with Crippen LogP contribution in [0.25, 0.3) is 0 Å². The van der Waals surface area contributed by atoms with Crippen molar-refractivity contribution >= 4 is 14.8 Å². The van der Waals surface area contributed by atoms with Crippen molar-refractivity contribution in [3.63, 3.8) is 0 Å². The molecule has 0 aromatic heterocycles. The summed E-state index contributed by atoms with van der Waals surface area (Å²) in [6, 6.07) is 0. The Morgan fingerprint density at radius 3 is 2.50 bits per heavy atom. The molecule has 0 saturated carbocycles. The van der Waals surface area contributed by atoms with Crippen LogP contribution in [-0.4, -0.2) is 25.2 Å². The largest absolute Gasteiger partial charge is 0.343 e. The van der Waals surface area contributed by atoms with Gasteiger partial charge in [0.15, 0.2) is 6.29 Å². The van der Waals surface area contributed by atoms with Crippen molar-refractivity contribution in [1.29, 1.82) is 5.41 Å². The molecule has 1 aliphatic heterocycles. The van der Waals surface area contributed by atoms with Gasteiger partial charge < -0.3 is 14.9 Å². The minimum atomic E-state index is -0.365. The Hall–Kier alpha value is 0.0200. The molecule has 1 saturated heterocycles. The molecule has 0 radical (unpaired) electrons. The van der Waals surface area contributed by atoms with E-state index in [2.05, 4.69) is 0 Å². The lowest BCUT2D eigenvalue weighted by atomic mass is 10.7. The van der Waals surface area contributed by atoms with Crippen LogP contribution in [0.1, 0.15) is 0 Å². The van der Waals surface area contributed by atoms with Crippen molar-refractivity contribution in [2.45, 2.75) is 6.29 Å². The van der Waals surface area contributed by atoms with E-state index in [1.54, 1.807) is 0 Å². The van der Waals surface area contributed by atoms with Crippen molar-refractivity contribution in [3.8, 4) is 0 Å². The van der Waals surface area contributed by atoms with Crippen molar-refractivity contribution in [2.24, 2.45) is 0 Å². The van der Waals surface area contributed by atoms with Gasteiger partial charge >= 0.3 is 0 Å². The number of nitrogens with one attached hydrogen (secondary N) is 1. The molecular formula is C4H8NO2P. The molecule has 1 N–H and O–H groups in total. The summed E-state index contributed by atoms with van der Waals surface area (Å²) in [6.45, 7) is 0. The second-order valence-electron chi connectivity index (χ2n) is 1.41. The summed E-state index contributed by atoms with van der Waals surface area (Å²) >= 11 is 0. The molecule has 0 spiro atoms. The minimum absolute atomic E-state index is 0.365. The fourth-order valence-corrected chi connectivity index (χ4v) is 1.12. The van der Waals surface area contributed by atoms with E-state index in [0.29, 0.717) is 0 Å². The van der Waals surface area contributed by atoms with E-state index in [-0.39, 0.29) is 6.29 Å². The van der Waals surface area contributed by atoms with Gasteiger partial charge in [-0.15, -0.1) is 0 Å². The second-order valence-corrected chi connectivity index (χ2v) is 2.48.